The molecule has 0 aromatic heterocycles. The van der Waals surface area contributed by atoms with Gasteiger partial charge in [0.25, 0.3) is 0 Å². The lowest BCUT2D eigenvalue weighted by Gasteiger charge is -2.18. The third-order valence-corrected chi connectivity index (χ3v) is 3.21. The Balaban J connectivity index is 0.00000441. The number of benzene rings is 1. The van der Waals surface area contributed by atoms with Crippen LogP contribution in [0.15, 0.2) is 24.3 Å². The molecule has 0 aliphatic heterocycles. The SMILES string of the molecule is CC(N)CCNC(=O)CC(C)c1ccccc1C(F)(F)F.Cl. The van der Waals surface area contributed by atoms with Gasteiger partial charge in [0, 0.05) is 19.0 Å². The summed E-state index contributed by atoms with van der Waals surface area (Å²) in [5.74, 6) is -0.766. The number of nitrogens with one attached hydrogen (secondary N) is 1. The van der Waals surface area contributed by atoms with Crippen molar-refractivity contribution in [2.45, 2.75) is 44.8 Å². The molecule has 22 heavy (non-hydrogen) atoms. The van der Waals surface area contributed by atoms with Crippen LogP contribution in [0.2, 0.25) is 0 Å². The molecule has 0 spiro atoms. The maximum absolute atomic E-state index is 12.9. The second-order valence-corrected chi connectivity index (χ2v) is 5.31. The zero-order valence-corrected chi connectivity index (χ0v) is 13.4. The van der Waals surface area contributed by atoms with E-state index in [0.717, 1.165) is 6.07 Å². The smallest absolute Gasteiger partial charge is 0.356 e. The molecule has 2 unspecified atom stereocenters. The third-order valence-electron chi connectivity index (χ3n) is 3.21. The van der Waals surface area contributed by atoms with E-state index < -0.39 is 17.7 Å². The summed E-state index contributed by atoms with van der Waals surface area (Å²) in [5, 5.41) is 2.67. The zero-order valence-electron chi connectivity index (χ0n) is 12.6. The number of nitrogens with two attached hydrogens (primary N) is 1. The Morgan fingerprint density at radius 3 is 2.41 bits per heavy atom. The first kappa shape index (κ1) is 20.7. The lowest BCUT2D eigenvalue weighted by atomic mass is 9.92. The molecule has 2 atom stereocenters. The Labute approximate surface area is 134 Å². The van der Waals surface area contributed by atoms with E-state index in [9.17, 15) is 18.0 Å². The van der Waals surface area contributed by atoms with Crippen molar-refractivity contribution in [3.8, 4) is 0 Å². The van der Waals surface area contributed by atoms with E-state index in [2.05, 4.69) is 5.32 Å². The molecule has 3 nitrogen and oxygen atoms in total. The predicted octanol–water partition coefficient (Wildman–Crippen LogP) is 3.47. The molecule has 1 aromatic rings. The molecule has 0 bridgehead atoms. The van der Waals surface area contributed by atoms with E-state index in [0.29, 0.717) is 13.0 Å². The maximum atomic E-state index is 12.9. The molecule has 1 aromatic carbocycles. The van der Waals surface area contributed by atoms with Crippen molar-refractivity contribution >= 4 is 18.3 Å². The minimum absolute atomic E-state index is 0. The van der Waals surface area contributed by atoms with Gasteiger partial charge in [0.1, 0.15) is 0 Å². The number of rotatable bonds is 6. The van der Waals surface area contributed by atoms with E-state index in [4.69, 9.17) is 5.73 Å². The van der Waals surface area contributed by atoms with E-state index in [1.165, 1.54) is 12.1 Å². The summed E-state index contributed by atoms with van der Waals surface area (Å²) in [6.45, 7) is 3.88. The number of hydrogen-bond acceptors (Lipinski definition) is 2. The highest BCUT2D eigenvalue weighted by molar-refractivity contribution is 5.85. The highest BCUT2D eigenvalue weighted by Gasteiger charge is 2.34. The summed E-state index contributed by atoms with van der Waals surface area (Å²) in [6, 6.07) is 5.34. The number of carbonyl (C=O) groups is 1. The monoisotopic (exact) mass is 338 g/mol. The van der Waals surface area contributed by atoms with Crippen molar-refractivity contribution in [3.05, 3.63) is 35.4 Å². The molecule has 0 aliphatic rings. The molecule has 0 radical (unpaired) electrons. The minimum atomic E-state index is -4.41. The fraction of sp³-hybridized carbons (Fsp3) is 0.533. The normalized spacial score (nSPS) is 13.9. The molecule has 7 heteroatoms. The van der Waals surface area contributed by atoms with Gasteiger partial charge in [-0.15, -0.1) is 12.4 Å². The first-order chi connectivity index (χ1) is 9.71. The average molecular weight is 339 g/mol. The van der Waals surface area contributed by atoms with Crippen LogP contribution in [0.3, 0.4) is 0 Å². The number of carbonyl (C=O) groups excluding carboxylic acids is 1. The first-order valence-corrected chi connectivity index (χ1v) is 6.90. The molecule has 0 fully saturated rings. The maximum Gasteiger partial charge on any atom is 0.416 e. The Kier molecular flexibility index (Phi) is 8.48. The molecule has 3 N–H and O–H groups in total. The zero-order chi connectivity index (χ0) is 16.0. The van der Waals surface area contributed by atoms with Crippen LogP contribution in [0.4, 0.5) is 13.2 Å². The largest absolute Gasteiger partial charge is 0.416 e. The van der Waals surface area contributed by atoms with Gasteiger partial charge in [-0.25, -0.2) is 0 Å². The fourth-order valence-electron chi connectivity index (χ4n) is 2.08. The van der Waals surface area contributed by atoms with Gasteiger partial charge in [-0.2, -0.15) is 13.2 Å². The number of halogens is 4. The van der Waals surface area contributed by atoms with Gasteiger partial charge >= 0.3 is 6.18 Å². The summed E-state index contributed by atoms with van der Waals surface area (Å²) in [7, 11) is 0. The van der Waals surface area contributed by atoms with Crippen LogP contribution < -0.4 is 11.1 Å². The van der Waals surface area contributed by atoms with Crippen molar-refractivity contribution in [3.63, 3.8) is 0 Å². The summed E-state index contributed by atoms with van der Waals surface area (Å²) >= 11 is 0. The number of hydrogen-bond donors (Lipinski definition) is 2. The molecular weight excluding hydrogens is 317 g/mol. The van der Waals surface area contributed by atoms with E-state index in [1.807, 2.05) is 6.92 Å². The standard InChI is InChI=1S/C15H21F3N2O.ClH/c1-10(9-14(21)20-8-7-11(2)19)12-5-3-4-6-13(12)15(16,17)18;/h3-6,10-11H,7-9,19H2,1-2H3,(H,20,21);1H. The molecule has 1 amide bonds. The quantitative estimate of drug-likeness (QED) is 0.834. The van der Waals surface area contributed by atoms with E-state index in [1.54, 1.807) is 13.0 Å². The average Bonchev–Trinajstić information content (AvgIpc) is 2.37. The first-order valence-electron chi connectivity index (χ1n) is 6.90. The van der Waals surface area contributed by atoms with E-state index >= 15 is 0 Å². The summed E-state index contributed by atoms with van der Waals surface area (Å²) in [6.07, 6.45) is -3.75. The Morgan fingerprint density at radius 1 is 1.27 bits per heavy atom. The van der Waals surface area contributed by atoms with Crippen LogP contribution in [-0.2, 0) is 11.0 Å². The van der Waals surface area contributed by atoms with Gasteiger partial charge < -0.3 is 11.1 Å². The van der Waals surface area contributed by atoms with Crippen LogP contribution in [-0.4, -0.2) is 18.5 Å². The fourth-order valence-corrected chi connectivity index (χ4v) is 2.08. The summed E-state index contributed by atoms with van der Waals surface area (Å²) in [5.41, 5.74) is 5.03. The van der Waals surface area contributed by atoms with Gasteiger partial charge in [0.2, 0.25) is 5.91 Å². The van der Waals surface area contributed by atoms with Crippen molar-refractivity contribution < 1.29 is 18.0 Å². The topological polar surface area (TPSA) is 55.1 Å². The summed E-state index contributed by atoms with van der Waals surface area (Å²) in [4.78, 5) is 11.7. The number of alkyl halides is 3. The second-order valence-electron chi connectivity index (χ2n) is 5.31. The highest BCUT2D eigenvalue weighted by Crippen LogP contribution is 2.35. The van der Waals surface area contributed by atoms with Gasteiger partial charge in [-0.3, -0.25) is 4.79 Å². The lowest BCUT2D eigenvalue weighted by molar-refractivity contribution is -0.138. The molecule has 0 saturated carbocycles. The van der Waals surface area contributed by atoms with Crippen LogP contribution in [0, 0.1) is 0 Å². The van der Waals surface area contributed by atoms with Gasteiger partial charge in [0.05, 0.1) is 5.56 Å². The van der Waals surface area contributed by atoms with Crippen molar-refractivity contribution in [2.75, 3.05) is 6.54 Å². The molecule has 0 saturated heterocycles. The summed E-state index contributed by atoms with van der Waals surface area (Å²) < 4.78 is 38.8. The Bertz CT molecular complexity index is 478. The van der Waals surface area contributed by atoms with Crippen molar-refractivity contribution in [1.82, 2.24) is 5.32 Å². The van der Waals surface area contributed by atoms with Gasteiger partial charge in [-0.1, -0.05) is 25.1 Å². The van der Waals surface area contributed by atoms with Crippen molar-refractivity contribution in [2.24, 2.45) is 5.73 Å². The van der Waals surface area contributed by atoms with Gasteiger partial charge in [-0.05, 0) is 30.9 Å². The van der Waals surface area contributed by atoms with Crippen LogP contribution in [0.1, 0.15) is 43.7 Å². The minimum Gasteiger partial charge on any atom is -0.356 e. The predicted molar refractivity (Wildman–Crippen MR) is 83.0 cm³/mol. The van der Waals surface area contributed by atoms with Crippen LogP contribution in [0.5, 0.6) is 0 Å². The van der Waals surface area contributed by atoms with Crippen LogP contribution in [0.25, 0.3) is 0 Å². The third kappa shape index (κ3) is 6.66. The molecule has 126 valence electrons. The second kappa shape index (κ2) is 9.00. The Hall–Kier alpha value is -1.27. The Morgan fingerprint density at radius 2 is 1.86 bits per heavy atom. The molecule has 0 heterocycles. The highest BCUT2D eigenvalue weighted by atomic mass is 35.5. The lowest BCUT2D eigenvalue weighted by Crippen LogP contribution is -2.29. The molecule has 0 aliphatic carbocycles. The van der Waals surface area contributed by atoms with Gasteiger partial charge in [0.15, 0.2) is 0 Å². The number of amides is 1. The van der Waals surface area contributed by atoms with E-state index in [-0.39, 0.29) is 36.3 Å². The molecule has 1 rings (SSSR count). The van der Waals surface area contributed by atoms with Crippen LogP contribution >= 0.6 is 12.4 Å². The molecular formula is C15H22ClF3N2O. The van der Waals surface area contributed by atoms with Crippen molar-refractivity contribution in [1.29, 1.82) is 0 Å².